The third kappa shape index (κ3) is 11.3. The number of hydrogen-bond acceptors (Lipinski definition) is 1. The van der Waals surface area contributed by atoms with Gasteiger partial charge in [0.2, 0.25) is 0 Å². The van der Waals surface area contributed by atoms with Gasteiger partial charge in [0.1, 0.15) is 0 Å². The number of para-hydroxylation sites is 5. The zero-order valence-corrected chi connectivity index (χ0v) is 47.3. The molecule has 0 saturated carbocycles. The molecule has 4 heteroatoms. The van der Waals surface area contributed by atoms with Crippen molar-refractivity contribution in [2.75, 3.05) is 4.90 Å². The molecule has 0 radical (unpaired) electrons. The van der Waals surface area contributed by atoms with E-state index in [0.29, 0.717) is 0 Å². The van der Waals surface area contributed by atoms with Gasteiger partial charge < -0.3 is 14.0 Å². The molecule has 13 aromatic carbocycles. The molecule has 0 fully saturated rings. The summed E-state index contributed by atoms with van der Waals surface area (Å²) in [5, 5.41) is 5.06. The number of nitrogens with zero attached hydrogens (tertiary/aromatic N) is 3. The van der Waals surface area contributed by atoms with Crippen LogP contribution in [0.5, 0.6) is 0 Å². The molecule has 0 atom stereocenters. The first-order valence-electron chi connectivity index (χ1n) is 28.2. The van der Waals surface area contributed by atoms with Crippen LogP contribution in [0.2, 0.25) is 0 Å². The van der Waals surface area contributed by atoms with Crippen molar-refractivity contribution < 1.29 is 0 Å². The van der Waals surface area contributed by atoms with Gasteiger partial charge in [-0.05, 0) is 154 Å². The van der Waals surface area contributed by atoms with E-state index in [1.165, 1.54) is 99.5 Å². The van der Waals surface area contributed by atoms with E-state index in [4.69, 9.17) is 0 Å². The summed E-state index contributed by atoms with van der Waals surface area (Å²) in [6.07, 6.45) is 0.963. The molecule has 15 aromatic rings. The molecule has 2 aromatic heterocycles. The Morgan fingerprint density at radius 2 is 0.578 bits per heavy atom. The van der Waals surface area contributed by atoms with Gasteiger partial charge >= 0.3 is 0 Å². The lowest BCUT2D eigenvalue weighted by Crippen LogP contribution is -2.09. The highest BCUT2D eigenvalue weighted by Gasteiger charge is 2.18. The number of rotatable bonds is 10. The van der Waals surface area contributed by atoms with E-state index >= 15 is 0 Å². The van der Waals surface area contributed by atoms with Crippen molar-refractivity contribution in [1.29, 1.82) is 0 Å². The van der Waals surface area contributed by atoms with Gasteiger partial charge in [0.15, 0.2) is 0 Å². The zero-order chi connectivity index (χ0) is 55.7. The molecule has 0 unspecified atom stereocenters. The first-order valence-corrected chi connectivity index (χ1v) is 29.0. The lowest BCUT2D eigenvalue weighted by molar-refractivity contribution is 1.18. The van der Waals surface area contributed by atoms with Crippen molar-refractivity contribution in [1.82, 2.24) is 9.13 Å². The number of halogens is 1. The lowest BCUT2D eigenvalue weighted by Gasteiger charge is -2.26. The molecule has 15 rings (SSSR count). The van der Waals surface area contributed by atoms with Crippen molar-refractivity contribution in [3.05, 3.63) is 355 Å². The molecule has 0 bridgehead atoms. The lowest BCUT2D eigenvalue weighted by atomic mass is 9.99. The van der Waals surface area contributed by atoms with Crippen LogP contribution in [0.4, 0.5) is 17.1 Å². The third-order valence-electron chi connectivity index (χ3n) is 15.4. The first-order chi connectivity index (χ1) is 41.1. The van der Waals surface area contributed by atoms with Crippen LogP contribution in [0.1, 0.15) is 11.1 Å². The van der Waals surface area contributed by atoms with Crippen LogP contribution in [0.15, 0.2) is 344 Å². The topological polar surface area (TPSA) is 13.1 Å². The molecule has 0 amide bonds. The highest BCUT2D eigenvalue weighted by molar-refractivity contribution is 9.10. The Labute approximate surface area is 494 Å². The Balaban J connectivity index is 0.000000129. The summed E-state index contributed by atoms with van der Waals surface area (Å²) in [4.78, 5) is 2.34. The van der Waals surface area contributed by atoms with Crippen LogP contribution in [-0.2, 0) is 6.42 Å². The number of aromatic nitrogens is 2. The minimum Gasteiger partial charge on any atom is -0.310 e. The van der Waals surface area contributed by atoms with Gasteiger partial charge in [-0.2, -0.15) is 0 Å². The van der Waals surface area contributed by atoms with Gasteiger partial charge in [-0.1, -0.05) is 253 Å². The Bertz CT molecular complexity index is 4580. The normalized spacial score (nSPS) is 11.0. The first kappa shape index (κ1) is 52.1. The standard InChI is InChI=1S/C36H26N2.C31H23N.C12H9Br/c1-4-12-27(13-5-1)28-20-22-31(23-21-28)37(29-14-6-2-7-15-29)32-24-25-36-34(26-32)33-18-10-11-19-35(33)38(36)30-16-8-3-9-17-30;1-3-9-23(10-4-1)21-24-15-17-25(18-16-24)26-19-20-31-29(22-26)28-13-7-8-14-30(28)32(31)27-11-5-2-6-12-27;13-12-8-6-11(7-9-12)10-4-2-1-3-5-10/h1-26H;1-20,22H,21H2;1-9H. The van der Waals surface area contributed by atoms with E-state index < -0.39 is 0 Å². The Hall–Kier alpha value is -10.3. The predicted molar refractivity (Wildman–Crippen MR) is 356 cm³/mol. The van der Waals surface area contributed by atoms with Crippen molar-refractivity contribution in [2.45, 2.75) is 6.42 Å². The van der Waals surface area contributed by atoms with Gasteiger partial charge in [0.25, 0.3) is 0 Å². The van der Waals surface area contributed by atoms with E-state index in [-0.39, 0.29) is 0 Å². The largest absolute Gasteiger partial charge is 0.310 e. The van der Waals surface area contributed by atoms with Crippen LogP contribution in [0, 0.1) is 0 Å². The molecule has 2 heterocycles. The smallest absolute Gasteiger partial charge is 0.0542 e. The number of fused-ring (bicyclic) bond motifs is 6. The average molecular weight is 1130 g/mol. The van der Waals surface area contributed by atoms with Gasteiger partial charge in [0.05, 0.1) is 22.1 Å². The summed E-state index contributed by atoms with van der Waals surface area (Å²) in [5.74, 6) is 0. The minimum absolute atomic E-state index is 0.963. The summed E-state index contributed by atoms with van der Waals surface area (Å²) in [6.45, 7) is 0. The van der Waals surface area contributed by atoms with Gasteiger partial charge in [-0.25, -0.2) is 0 Å². The van der Waals surface area contributed by atoms with Crippen molar-refractivity contribution in [3.63, 3.8) is 0 Å². The molecule has 0 saturated heterocycles. The van der Waals surface area contributed by atoms with Crippen LogP contribution in [-0.4, -0.2) is 9.13 Å². The Morgan fingerprint density at radius 3 is 1.11 bits per heavy atom. The SMILES string of the molecule is Brc1ccc(-c2ccccc2)cc1.c1ccc(-c2ccc(N(c3ccccc3)c3ccc4c(c3)c3ccccc3n4-c3ccccc3)cc2)cc1.c1ccc(Cc2ccc(-c3ccc4c(c3)c3ccccc3n4-c3ccccc3)cc2)cc1. The van der Waals surface area contributed by atoms with Gasteiger partial charge in [-0.15, -0.1) is 0 Å². The summed E-state index contributed by atoms with van der Waals surface area (Å²) in [6, 6.07) is 121. The quantitative estimate of drug-likeness (QED) is 0.133. The molecule has 0 aliphatic rings. The maximum atomic E-state index is 3.42. The highest BCUT2D eigenvalue weighted by atomic mass is 79.9. The Kier molecular flexibility index (Phi) is 15.2. The van der Waals surface area contributed by atoms with Crippen LogP contribution < -0.4 is 4.90 Å². The number of anilines is 3. The monoisotopic (exact) mass is 1130 g/mol. The summed E-state index contributed by atoms with van der Waals surface area (Å²) in [7, 11) is 0. The second kappa shape index (κ2) is 24.2. The highest BCUT2D eigenvalue weighted by Crippen LogP contribution is 2.41. The molecule has 0 aliphatic heterocycles. The molecule has 0 aliphatic carbocycles. The maximum absolute atomic E-state index is 3.42. The number of benzene rings is 13. The van der Waals surface area contributed by atoms with E-state index in [1.807, 2.05) is 6.07 Å². The van der Waals surface area contributed by atoms with Crippen LogP contribution in [0.25, 0.3) is 88.4 Å². The molecular weight excluding hydrogens is 1070 g/mol. The van der Waals surface area contributed by atoms with E-state index in [1.54, 1.807) is 0 Å². The molecule has 396 valence electrons. The van der Waals surface area contributed by atoms with Crippen molar-refractivity contribution in [2.24, 2.45) is 0 Å². The fraction of sp³-hybridized carbons (Fsp3) is 0.0127. The van der Waals surface area contributed by atoms with Crippen molar-refractivity contribution in [3.8, 4) is 44.8 Å². The van der Waals surface area contributed by atoms with Gasteiger partial charge in [-0.3, -0.25) is 0 Å². The third-order valence-corrected chi connectivity index (χ3v) is 15.9. The number of hydrogen-bond donors (Lipinski definition) is 0. The molecule has 0 N–H and O–H groups in total. The summed E-state index contributed by atoms with van der Waals surface area (Å²) < 4.78 is 5.83. The molecule has 3 nitrogen and oxygen atoms in total. The van der Waals surface area contributed by atoms with Crippen LogP contribution >= 0.6 is 15.9 Å². The zero-order valence-electron chi connectivity index (χ0n) is 45.8. The predicted octanol–water partition coefficient (Wildman–Crippen LogP) is 22.1. The average Bonchev–Trinajstić information content (AvgIpc) is 4.28. The fourth-order valence-electron chi connectivity index (χ4n) is 11.3. The van der Waals surface area contributed by atoms with Crippen LogP contribution in [0.3, 0.4) is 0 Å². The maximum Gasteiger partial charge on any atom is 0.0542 e. The summed E-state index contributed by atoms with van der Waals surface area (Å²) in [5.41, 5.74) is 20.8. The van der Waals surface area contributed by atoms with E-state index in [9.17, 15) is 0 Å². The van der Waals surface area contributed by atoms with Gasteiger partial charge in [0, 0.05) is 54.5 Å². The molecule has 83 heavy (non-hydrogen) atoms. The second-order valence-electron chi connectivity index (χ2n) is 20.6. The van der Waals surface area contributed by atoms with E-state index in [2.05, 4.69) is 364 Å². The molecule has 0 spiro atoms. The fourth-order valence-corrected chi connectivity index (χ4v) is 11.6. The Morgan fingerprint density at radius 1 is 0.241 bits per heavy atom. The second-order valence-corrected chi connectivity index (χ2v) is 21.5. The van der Waals surface area contributed by atoms with Crippen molar-refractivity contribution >= 4 is 76.6 Å². The minimum atomic E-state index is 0.963. The summed E-state index contributed by atoms with van der Waals surface area (Å²) >= 11 is 3.42. The van der Waals surface area contributed by atoms with E-state index in [0.717, 1.165) is 28.0 Å². The molecular formula is C79H58BrN3.